The van der Waals surface area contributed by atoms with Gasteiger partial charge in [0.05, 0.1) is 12.2 Å². The minimum Gasteiger partial charge on any atom is -0.393 e. The van der Waals surface area contributed by atoms with Crippen molar-refractivity contribution in [3.05, 3.63) is 23.3 Å². The van der Waals surface area contributed by atoms with Crippen molar-refractivity contribution in [2.45, 2.75) is 125 Å². The van der Waals surface area contributed by atoms with Gasteiger partial charge in [0.25, 0.3) is 0 Å². The van der Waals surface area contributed by atoms with Gasteiger partial charge in [0.1, 0.15) is 0 Å². The van der Waals surface area contributed by atoms with Crippen molar-refractivity contribution in [1.29, 1.82) is 0 Å². The topological polar surface area (TPSA) is 40.5 Å². The zero-order valence-electron chi connectivity index (χ0n) is 22.1. The number of fused-ring (bicyclic) bond motifs is 4. The monoisotopic (exact) mass is 442 g/mol. The van der Waals surface area contributed by atoms with Crippen LogP contribution in [0, 0.1) is 39.4 Å². The molecule has 182 valence electrons. The van der Waals surface area contributed by atoms with Crippen LogP contribution in [-0.2, 0) is 0 Å². The third-order valence-electron chi connectivity index (χ3n) is 11.9. The van der Waals surface area contributed by atoms with Crippen LogP contribution in [0.5, 0.6) is 0 Å². The highest BCUT2D eigenvalue weighted by molar-refractivity contribution is 5.38. The quantitative estimate of drug-likeness (QED) is 0.434. The fourth-order valence-corrected chi connectivity index (χ4v) is 9.50. The normalized spacial score (nSPS) is 45.0. The Hall–Kier alpha value is -0.600. The van der Waals surface area contributed by atoms with Crippen LogP contribution in [0.2, 0.25) is 0 Å². The molecule has 4 aliphatic carbocycles. The largest absolute Gasteiger partial charge is 0.393 e. The number of rotatable bonds is 5. The second-order valence-corrected chi connectivity index (χ2v) is 13.7. The van der Waals surface area contributed by atoms with Crippen LogP contribution in [0.1, 0.15) is 113 Å². The summed E-state index contributed by atoms with van der Waals surface area (Å²) >= 11 is 0. The molecule has 4 rings (SSSR count). The van der Waals surface area contributed by atoms with Gasteiger partial charge in [-0.25, -0.2) is 0 Å². The van der Waals surface area contributed by atoms with Crippen molar-refractivity contribution in [3.63, 3.8) is 0 Å². The molecule has 0 spiro atoms. The second kappa shape index (κ2) is 7.98. The molecule has 0 aromatic heterocycles. The first kappa shape index (κ1) is 24.5. The van der Waals surface area contributed by atoms with E-state index in [9.17, 15) is 10.2 Å². The summed E-state index contributed by atoms with van der Waals surface area (Å²) in [5, 5.41) is 21.1. The highest BCUT2D eigenvalue weighted by Gasteiger charge is 2.63. The molecule has 0 aromatic carbocycles. The molecule has 2 N–H and O–H groups in total. The van der Waals surface area contributed by atoms with Gasteiger partial charge < -0.3 is 10.2 Å². The molecule has 0 saturated heterocycles. The summed E-state index contributed by atoms with van der Waals surface area (Å²) in [6.07, 6.45) is 11.3. The number of allylic oxidation sites excluding steroid dienone is 2. The molecule has 8 atom stereocenters. The van der Waals surface area contributed by atoms with Gasteiger partial charge in [0.15, 0.2) is 0 Å². The van der Waals surface area contributed by atoms with E-state index in [0.717, 1.165) is 37.2 Å². The van der Waals surface area contributed by atoms with Crippen LogP contribution < -0.4 is 0 Å². The fraction of sp³-hybridized carbons (Fsp3) is 0.867. The number of aliphatic hydroxyl groups excluding tert-OH is 2. The first-order valence-corrected chi connectivity index (χ1v) is 13.5. The molecule has 0 aliphatic heterocycles. The molecule has 2 heteroatoms. The highest BCUT2D eigenvalue weighted by Crippen LogP contribution is 2.72. The third-order valence-corrected chi connectivity index (χ3v) is 11.9. The minimum atomic E-state index is -0.348. The standard InChI is InChI=1S/C30H50O2/c1-19(2)24(31)11-9-20(3)21-13-17-30(8)23-10-12-25-27(4,5)26(32)15-16-28(25,6)22(23)14-18-29(21,30)7/h20-21,24-26,31-32H,1,9-18H2,2-8H3/t20-,21+,24+,25-,26-,28+,29-,30+/m0/s1. The molecule has 0 bridgehead atoms. The maximum Gasteiger partial charge on any atom is 0.0744 e. The second-order valence-electron chi connectivity index (χ2n) is 13.7. The molecule has 2 fully saturated rings. The van der Waals surface area contributed by atoms with Crippen LogP contribution in [-0.4, -0.2) is 22.4 Å². The summed E-state index contributed by atoms with van der Waals surface area (Å²) in [4.78, 5) is 0. The lowest BCUT2D eigenvalue weighted by Crippen LogP contribution is -2.55. The molecule has 2 saturated carbocycles. The van der Waals surface area contributed by atoms with Gasteiger partial charge in [-0.05, 0) is 111 Å². The molecule has 0 heterocycles. The Morgan fingerprint density at radius 1 is 0.969 bits per heavy atom. The lowest BCUT2D eigenvalue weighted by atomic mass is 9.43. The average molecular weight is 443 g/mol. The Bertz CT molecular complexity index is 793. The fourth-order valence-electron chi connectivity index (χ4n) is 9.50. The van der Waals surface area contributed by atoms with Gasteiger partial charge in [-0.15, -0.1) is 0 Å². The summed E-state index contributed by atoms with van der Waals surface area (Å²) in [7, 11) is 0. The minimum absolute atomic E-state index is 0.0179. The Labute approximate surface area is 198 Å². The van der Waals surface area contributed by atoms with Gasteiger partial charge in [-0.1, -0.05) is 64.8 Å². The molecule has 0 radical (unpaired) electrons. The van der Waals surface area contributed by atoms with E-state index in [1.54, 1.807) is 5.57 Å². The van der Waals surface area contributed by atoms with Crippen LogP contribution in [0.3, 0.4) is 0 Å². The summed E-state index contributed by atoms with van der Waals surface area (Å²) in [6.45, 7) is 20.8. The van der Waals surface area contributed by atoms with E-state index in [4.69, 9.17) is 0 Å². The zero-order chi connectivity index (χ0) is 23.7. The zero-order valence-corrected chi connectivity index (χ0v) is 22.1. The molecule has 32 heavy (non-hydrogen) atoms. The molecule has 0 aromatic rings. The van der Waals surface area contributed by atoms with Gasteiger partial charge in [-0.2, -0.15) is 0 Å². The van der Waals surface area contributed by atoms with E-state index in [1.165, 1.54) is 38.5 Å². The van der Waals surface area contributed by atoms with E-state index >= 15 is 0 Å². The maximum absolute atomic E-state index is 10.8. The van der Waals surface area contributed by atoms with Crippen molar-refractivity contribution in [1.82, 2.24) is 0 Å². The molecular formula is C30H50O2. The summed E-state index contributed by atoms with van der Waals surface area (Å²) in [6, 6.07) is 0. The summed E-state index contributed by atoms with van der Waals surface area (Å²) in [5.41, 5.74) is 5.51. The van der Waals surface area contributed by atoms with Crippen molar-refractivity contribution >= 4 is 0 Å². The van der Waals surface area contributed by atoms with Crippen LogP contribution in [0.15, 0.2) is 23.3 Å². The third kappa shape index (κ3) is 3.33. The van der Waals surface area contributed by atoms with E-state index in [1.807, 2.05) is 12.5 Å². The predicted octanol–water partition coefficient (Wildman–Crippen LogP) is 7.45. The van der Waals surface area contributed by atoms with Crippen LogP contribution in [0.25, 0.3) is 0 Å². The lowest BCUT2D eigenvalue weighted by molar-refractivity contribution is -0.0962. The van der Waals surface area contributed by atoms with Crippen LogP contribution >= 0.6 is 0 Å². The Morgan fingerprint density at radius 3 is 2.31 bits per heavy atom. The number of aliphatic hydroxyl groups is 2. The molecular weight excluding hydrogens is 392 g/mol. The van der Waals surface area contributed by atoms with Crippen LogP contribution in [0.4, 0.5) is 0 Å². The van der Waals surface area contributed by atoms with Gasteiger partial charge in [0.2, 0.25) is 0 Å². The Morgan fingerprint density at radius 2 is 1.66 bits per heavy atom. The average Bonchev–Trinajstić information content (AvgIpc) is 3.00. The van der Waals surface area contributed by atoms with Crippen molar-refractivity contribution in [3.8, 4) is 0 Å². The van der Waals surface area contributed by atoms with E-state index in [-0.39, 0.29) is 23.0 Å². The van der Waals surface area contributed by atoms with Gasteiger partial charge in [-0.3, -0.25) is 0 Å². The summed E-state index contributed by atoms with van der Waals surface area (Å²) in [5.74, 6) is 1.99. The molecule has 4 aliphatic rings. The van der Waals surface area contributed by atoms with E-state index in [2.05, 4.69) is 48.1 Å². The van der Waals surface area contributed by atoms with Crippen molar-refractivity contribution < 1.29 is 10.2 Å². The first-order chi connectivity index (χ1) is 14.8. The van der Waals surface area contributed by atoms with E-state index < -0.39 is 0 Å². The number of hydrogen-bond donors (Lipinski definition) is 2. The highest BCUT2D eigenvalue weighted by atomic mass is 16.3. The predicted molar refractivity (Wildman–Crippen MR) is 134 cm³/mol. The Kier molecular flexibility index (Phi) is 6.11. The Balaban J connectivity index is 1.62. The molecule has 2 nitrogen and oxygen atoms in total. The van der Waals surface area contributed by atoms with Crippen molar-refractivity contribution in [2.24, 2.45) is 39.4 Å². The molecule has 0 amide bonds. The van der Waals surface area contributed by atoms with E-state index in [0.29, 0.717) is 22.7 Å². The summed E-state index contributed by atoms with van der Waals surface area (Å²) < 4.78 is 0. The lowest BCUT2D eigenvalue weighted by Gasteiger charge is -2.62. The van der Waals surface area contributed by atoms with Crippen molar-refractivity contribution in [2.75, 3.05) is 0 Å². The molecule has 0 unspecified atom stereocenters. The SMILES string of the molecule is C=C(C)[C@H](O)CC[C@H](C)[C@H]1CC[C@]2(C)C3=C(CC[C@@]12C)[C@@]1(C)CC[C@H](O)C(C)(C)[C@@H]1CC3. The number of hydrogen-bond acceptors (Lipinski definition) is 2. The first-order valence-electron chi connectivity index (χ1n) is 13.5. The van der Waals surface area contributed by atoms with Gasteiger partial charge >= 0.3 is 0 Å². The maximum atomic E-state index is 10.8. The van der Waals surface area contributed by atoms with Gasteiger partial charge in [0, 0.05) is 0 Å². The smallest absolute Gasteiger partial charge is 0.0744 e.